The van der Waals surface area contributed by atoms with Crippen LogP contribution in [0.5, 0.6) is 0 Å². The van der Waals surface area contributed by atoms with E-state index in [2.05, 4.69) is 62.1 Å². The molecule has 0 aromatic carbocycles. The number of rotatable bonds is 6. The number of terminal acetylenes is 1. The smallest absolute Gasteiger partial charge is 0.121 e. The Morgan fingerprint density at radius 2 is 2.13 bits per heavy atom. The Labute approximate surface area is 189 Å². The van der Waals surface area contributed by atoms with Crippen molar-refractivity contribution in [3.63, 3.8) is 0 Å². The lowest BCUT2D eigenvalue weighted by atomic mass is 9.77. The van der Waals surface area contributed by atoms with Crippen LogP contribution in [0, 0.1) is 30.1 Å². The van der Waals surface area contributed by atoms with Crippen molar-refractivity contribution in [1.29, 1.82) is 0 Å². The average molecular weight is 444 g/mol. The Morgan fingerprint density at radius 3 is 2.71 bits per heavy atom. The van der Waals surface area contributed by atoms with E-state index in [1.165, 1.54) is 5.57 Å². The Kier molecular flexibility index (Phi) is 6.95. The molecule has 5 nitrogen and oxygen atoms in total. The van der Waals surface area contributed by atoms with E-state index in [-0.39, 0.29) is 23.1 Å². The van der Waals surface area contributed by atoms with Crippen molar-refractivity contribution in [3.8, 4) is 12.3 Å². The lowest BCUT2D eigenvalue weighted by Crippen LogP contribution is -2.48. The monoisotopic (exact) mass is 443 g/mol. The minimum absolute atomic E-state index is 0.0564. The number of thiazole rings is 1. The van der Waals surface area contributed by atoms with Gasteiger partial charge in [0.05, 0.1) is 23.2 Å². The highest BCUT2D eigenvalue weighted by Crippen LogP contribution is 2.42. The number of hydrogen-bond donors (Lipinski definition) is 3. The molecular formula is C24H34FN5S. The van der Waals surface area contributed by atoms with Crippen molar-refractivity contribution in [3.05, 3.63) is 50.6 Å². The minimum Gasteiger partial charge on any atom is -0.341 e. The number of allylic oxidation sites excluding steroid dienone is 4. The Hall–Kier alpha value is -2.14. The van der Waals surface area contributed by atoms with E-state index in [9.17, 15) is 0 Å². The molecule has 31 heavy (non-hydrogen) atoms. The van der Waals surface area contributed by atoms with Gasteiger partial charge in [-0.3, -0.25) is 5.43 Å². The Balaban J connectivity index is 1.71. The summed E-state index contributed by atoms with van der Waals surface area (Å²) in [6.07, 6.45) is 8.16. The fourth-order valence-electron chi connectivity index (χ4n) is 3.87. The molecule has 0 saturated carbocycles. The third-order valence-electron chi connectivity index (χ3n) is 5.59. The van der Waals surface area contributed by atoms with Gasteiger partial charge in [0.1, 0.15) is 11.6 Å². The zero-order valence-electron chi connectivity index (χ0n) is 19.6. The van der Waals surface area contributed by atoms with E-state index in [1.807, 2.05) is 20.0 Å². The summed E-state index contributed by atoms with van der Waals surface area (Å²) in [4.78, 5) is 4.72. The topological polar surface area (TPSA) is 52.2 Å². The molecule has 168 valence electrons. The quantitative estimate of drug-likeness (QED) is 0.438. The number of hydrazine groups is 2. The number of halogens is 1. The van der Waals surface area contributed by atoms with Crippen molar-refractivity contribution >= 4 is 11.3 Å². The van der Waals surface area contributed by atoms with E-state index in [0.717, 1.165) is 22.2 Å². The largest absolute Gasteiger partial charge is 0.341 e. The van der Waals surface area contributed by atoms with Gasteiger partial charge in [0.2, 0.25) is 0 Å². The summed E-state index contributed by atoms with van der Waals surface area (Å²) in [5.41, 5.74) is 10.4. The fraction of sp³-hybridized carbons (Fsp3) is 0.542. The molecule has 3 N–H and O–H groups in total. The van der Waals surface area contributed by atoms with Crippen LogP contribution in [0.3, 0.4) is 0 Å². The summed E-state index contributed by atoms with van der Waals surface area (Å²) in [5, 5.41) is 8.43. The first-order valence-electron chi connectivity index (χ1n) is 10.8. The number of fused-ring (bicyclic) bond motifs is 1. The summed E-state index contributed by atoms with van der Waals surface area (Å²) in [6.45, 7) is 13.4. The van der Waals surface area contributed by atoms with Gasteiger partial charge in [-0.2, -0.15) is 5.12 Å². The van der Waals surface area contributed by atoms with Crippen LogP contribution in [0.1, 0.15) is 58.7 Å². The Bertz CT molecular complexity index is 957. The molecule has 0 fully saturated rings. The number of nitrogens with one attached hydrogen (secondary N) is 3. The lowest BCUT2D eigenvalue weighted by Gasteiger charge is -2.36. The average Bonchev–Trinajstić information content (AvgIpc) is 3.15. The third-order valence-corrected chi connectivity index (χ3v) is 6.90. The van der Waals surface area contributed by atoms with Gasteiger partial charge < -0.3 is 5.32 Å². The molecule has 1 aliphatic carbocycles. The van der Waals surface area contributed by atoms with Gasteiger partial charge in [-0.1, -0.05) is 47.5 Å². The zero-order chi connectivity index (χ0) is 22.9. The maximum Gasteiger partial charge on any atom is 0.121 e. The van der Waals surface area contributed by atoms with Crippen molar-refractivity contribution < 1.29 is 4.39 Å². The Morgan fingerprint density at radius 1 is 1.42 bits per heavy atom. The second-order valence-corrected chi connectivity index (χ2v) is 10.5. The number of aromatic nitrogens is 1. The molecule has 1 aliphatic heterocycles. The molecule has 2 heterocycles. The van der Waals surface area contributed by atoms with E-state index < -0.39 is 5.92 Å². The second kappa shape index (κ2) is 9.15. The molecule has 0 spiro atoms. The zero-order valence-corrected chi connectivity index (χ0v) is 20.4. The first-order valence-corrected chi connectivity index (χ1v) is 11.7. The molecule has 2 atom stereocenters. The molecule has 7 heteroatoms. The molecule has 3 rings (SSSR count). The summed E-state index contributed by atoms with van der Waals surface area (Å²) in [7, 11) is 1.91. The van der Waals surface area contributed by atoms with E-state index >= 15 is 4.39 Å². The summed E-state index contributed by atoms with van der Waals surface area (Å²) in [5.74, 6) is 3.00. The maximum atomic E-state index is 15.0. The molecule has 0 amide bonds. The van der Waals surface area contributed by atoms with Crippen LogP contribution < -0.4 is 16.2 Å². The summed E-state index contributed by atoms with van der Waals surface area (Å²) >= 11 is 1.69. The SMILES string of the molecule is C#CC1CC(C(C)C)=C2NC(NN(C)NCc3csc(C(C)(C)C)n3)=CC(C)C2=C1F. The van der Waals surface area contributed by atoms with E-state index in [0.29, 0.717) is 18.5 Å². The molecule has 1 aromatic rings. The summed E-state index contributed by atoms with van der Waals surface area (Å²) in [6, 6.07) is 0. The third kappa shape index (κ3) is 5.20. The number of hydrogen-bond acceptors (Lipinski definition) is 6. The van der Waals surface area contributed by atoms with Crippen LogP contribution in [0.2, 0.25) is 0 Å². The van der Waals surface area contributed by atoms with E-state index in [1.54, 1.807) is 16.5 Å². The van der Waals surface area contributed by atoms with Crippen LogP contribution in [0.25, 0.3) is 0 Å². The molecule has 0 bridgehead atoms. The highest BCUT2D eigenvalue weighted by molar-refractivity contribution is 7.09. The second-order valence-electron chi connectivity index (χ2n) is 9.63. The van der Waals surface area contributed by atoms with Gasteiger partial charge in [-0.25, -0.2) is 14.8 Å². The van der Waals surface area contributed by atoms with Crippen LogP contribution in [0.4, 0.5) is 4.39 Å². The highest BCUT2D eigenvalue weighted by atomic mass is 32.1. The molecule has 0 radical (unpaired) electrons. The van der Waals surface area contributed by atoms with Crippen molar-refractivity contribution in [2.45, 2.75) is 59.9 Å². The van der Waals surface area contributed by atoms with Crippen LogP contribution >= 0.6 is 11.3 Å². The van der Waals surface area contributed by atoms with Crippen molar-refractivity contribution in [2.75, 3.05) is 7.05 Å². The molecule has 2 aliphatic rings. The van der Waals surface area contributed by atoms with Gasteiger partial charge in [0, 0.05) is 35.0 Å². The fourth-order valence-corrected chi connectivity index (χ4v) is 4.78. The molecular weight excluding hydrogens is 409 g/mol. The maximum absolute atomic E-state index is 15.0. The summed E-state index contributed by atoms with van der Waals surface area (Å²) < 4.78 is 15.0. The van der Waals surface area contributed by atoms with Crippen LogP contribution in [0.15, 0.2) is 39.9 Å². The van der Waals surface area contributed by atoms with Gasteiger partial charge in [0.25, 0.3) is 0 Å². The molecule has 0 saturated heterocycles. The predicted octanol–water partition coefficient (Wildman–Crippen LogP) is 4.75. The highest BCUT2D eigenvalue weighted by Gasteiger charge is 2.34. The molecule has 2 unspecified atom stereocenters. The van der Waals surface area contributed by atoms with Crippen molar-refractivity contribution in [2.24, 2.45) is 17.8 Å². The van der Waals surface area contributed by atoms with Gasteiger partial charge in [0.15, 0.2) is 0 Å². The number of nitrogens with zero attached hydrogens (tertiary/aromatic N) is 2. The van der Waals surface area contributed by atoms with Crippen LogP contribution in [-0.2, 0) is 12.0 Å². The first kappa shape index (κ1) is 23.5. The van der Waals surface area contributed by atoms with Gasteiger partial charge in [-0.05, 0) is 24.0 Å². The van der Waals surface area contributed by atoms with Crippen LogP contribution in [-0.4, -0.2) is 17.1 Å². The normalized spacial score (nSPS) is 21.8. The first-order chi connectivity index (χ1) is 14.5. The van der Waals surface area contributed by atoms with Crippen molar-refractivity contribution in [1.82, 2.24) is 26.3 Å². The van der Waals surface area contributed by atoms with Gasteiger partial charge in [-0.15, -0.1) is 17.8 Å². The minimum atomic E-state index is -0.469. The molecule has 1 aromatic heterocycles. The van der Waals surface area contributed by atoms with E-state index in [4.69, 9.17) is 11.4 Å². The lowest BCUT2D eigenvalue weighted by molar-refractivity contribution is 0.166. The standard InChI is InChI=1S/C24H34FN5S/c1-9-16-11-18(14(2)3)22-20(21(16)25)15(4)10-19(28-22)29-30(8)26-12-17-13-31-23(27-17)24(5,6)7/h1,10,13-16,26,28-29H,11-12H2,2-8H3. The van der Waals surface area contributed by atoms with Gasteiger partial charge >= 0.3 is 0 Å². The predicted molar refractivity (Wildman–Crippen MR) is 126 cm³/mol.